The van der Waals surface area contributed by atoms with Crippen LogP contribution in [0.25, 0.3) is 0 Å². The number of hydrogen-bond donors (Lipinski definition) is 1. The highest BCUT2D eigenvalue weighted by molar-refractivity contribution is 5.70. The van der Waals surface area contributed by atoms with Gasteiger partial charge in [-0.1, -0.05) is 228 Å². The fourth-order valence-corrected chi connectivity index (χ4v) is 6.34. The molecule has 5 nitrogen and oxygen atoms in total. The van der Waals surface area contributed by atoms with E-state index >= 15 is 0 Å². The molecule has 0 spiro atoms. The molecule has 1 atom stereocenters. The van der Waals surface area contributed by atoms with Crippen LogP contribution in [0.1, 0.15) is 181 Å². The molecule has 0 bridgehead atoms. The van der Waals surface area contributed by atoms with E-state index in [0.717, 1.165) is 122 Å². The van der Waals surface area contributed by atoms with Crippen LogP contribution in [-0.4, -0.2) is 36.4 Å². The number of rotatable bonds is 45. The Hall–Kier alpha value is -5.00. The van der Waals surface area contributed by atoms with Gasteiger partial charge in [0.15, 0.2) is 6.10 Å². The molecule has 1 N–H and O–H groups in total. The van der Waals surface area contributed by atoms with Crippen molar-refractivity contribution < 1.29 is 24.2 Å². The zero-order chi connectivity index (χ0) is 49.2. The van der Waals surface area contributed by atoms with E-state index < -0.39 is 6.10 Å². The normalized spacial score (nSPS) is 13.8. The molecule has 0 aromatic heterocycles. The summed E-state index contributed by atoms with van der Waals surface area (Å²) < 4.78 is 10.6. The summed E-state index contributed by atoms with van der Waals surface area (Å²) in [6.45, 7) is 3.81. The molecule has 0 aliphatic rings. The Labute approximate surface area is 416 Å². The van der Waals surface area contributed by atoms with Gasteiger partial charge in [0.05, 0.1) is 6.61 Å². The molecule has 0 aromatic carbocycles. The van der Waals surface area contributed by atoms with Crippen molar-refractivity contribution in [1.82, 2.24) is 0 Å². The lowest BCUT2D eigenvalue weighted by molar-refractivity contribution is -0.161. The molecule has 1 unspecified atom stereocenters. The third-order valence-electron chi connectivity index (χ3n) is 10.2. The van der Waals surface area contributed by atoms with Crippen molar-refractivity contribution in [3.63, 3.8) is 0 Å². The summed E-state index contributed by atoms with van der Waals surface area (Å²) in [4.78, 5) is 24.4. The lowest BCUT2D eigenvalue weighted by atomic mass is 10.1. The number of aliphatic hydroxyl groups excluding tert-OH is 1. The number of hydrogen-bond acceptors (Lipinski definition) is 5. The minimum atomic E-state index is -0.824. The zero-order valence-corrected chi connectivity index (χ0v) is 42.8. The van der Waals surface area contributed by atoms with Gasteiger partial charge < -0.3 is 14.6 Å². The number of carbonyl (C=O) groups excluding carboxylic acids is 2. The minimum Gasteiger partial charge on any atom is -0.462 e. The largest absolute Gasteiger partial charge is 0.462 e. The number of esters is 2. The summed E-state index contributed by atoms with van der Waals surface area (Å²) in [6, 6.07) is 0. The maximum atomic E-state index is 12.3. The highest BCUT2D eigenvalue weighted by atomic mass is 16.6. The van der Waals surface area contributed by atoms with Crippen molar-refractivity contribution in [3.05, 3.63) is 182 Å². The van der Waals surface area contributed by atoms with E-state index in [4.69, 9.17) is 9.47 Å². The lowest BCUT2D eigenvalue weighted by Crippen LogP contribution is -2.28. The summed E-state index contributed by atoms with van der Waals surface area (Å²) in [6.07, 6.45) is 89.9. The van der Waals surface area contributed by atoms with Crippen molar-refractivity contribution in [3.8, 4) is 0 Å². The minimum absolute atomic E-state index is 0.124. The number of ether oxygens (including phenoxy) is 2. The molecule has 0 aromatic rings. The first-order chi connectivity index (χ1) is 33.6. The number of carbonyl (C=O) groups is 2. The standard InChI is InChI=1S/C63H94O5/c1-3-5-7-9-11-13-15-17-19-21-23-24-25-26-27-28-29-30-31-32-33-34-35-36-37-38-40-42-44-46-48-50-52-54-56-58-63(66)68-61(59-64)60-67-62(65)57-55-53-51-49-47-45-43-41-39-22-20-18-16-14-12-10-8-6-4-2/h5-8,11-14,17-20,23-24,26-27,29-30,32-33,35-36,38-41,45,47,51,53,61,64H,3-4,9-10,15-16,21-22,25,28,31,34,37,42-44,46,48-50,52,54-60H2,1-2H3/b7-5-,8-6-,13-11-,14-12-,19-17-,20-18-,24-23-,27-26-,30-29-,33-32-,36-35-,40-38-,41-39-,47-45-,53-51-. The second-order valence-electron chi connectivity index (χ2n) is 16.5. The van der Waals surface area contributed by atoms with E-state index in [1.165, 1.54) is 25.7 Å². The summed E-state index contributed by atoms with van der Waals surface area (Å²) >= 11 is 0. The fourth-order valence-electron chi connectivity index (χ4n) is 6.34. The van der Waals surface area contributed by atoms with Crippen LogP contribution in [0.4, 0.5) is 0 Å². The van der Waals surface area contributed by atoms with E-state index in [2.05, 4.69) is 184 Å². The third kappa shape index (κ3) is 53.6. The van der Waals surface area contributed by atoms with Gasteiger partial charge in [-0.15, -0.1) is 0 Å². The van der Waals surface area contributed by atoms with Gasteiger partial charge >= 0.3 is 11.9 Å². The van der Waals surface area contributed by atoms with Crippen LogP contribution < -0.4 is 0 Å². The Morgan fingerprint density at radius 2 is 0.618 bits per heavy atom. The van der Waals surface area contributed by atoms with Gasteiger partial charge in [-0.25, -0.2) is 0 Å². The maximum Gasteiger partial charge on any atom is 0.306 e. The second kappa shape index (κ2) is 56.3. The van der Waals surface area contributed by atoms with Crippen LogP contribution in [0, 0.1) is 0 Å². The molecule has 0 heterocycles. The van der Waals surface area contributed by atoms with Gasteiger partial charge in [0.25, 0.3) is 0 Å². The summed E-state index contributed by atoms with van der Waals surface area (Å²) in [7, 11) is 0. The lowest BCUT2D eigenvalue weighted by Gasteiger charge is -2.15. The van der Waals surface area contributed by atoms with Gasteiger partial charge in [0.1, 0.15) is 6.61 Å². The summed E-state index contributed by atoms with van der Waals surface area (Å²) in [5, 5.41) is 9.62. The van der Waals surface area contributed by atoms with Crippen molar-refractivity contribution >= 4 is 11.9 Å². The summed E-state index contributed by atoms with van der Waals surface area (Å²) in [5.41, 5.74) is 0. The average molecular weight is 931 g/mol. The second-order valence-corrected chi connectivity index (χ2v) is 16.5. The van der Waals surface area contributed by atoms with Crippen LogP contribution in [0.5, 0.6) is 0 Å². The quantitative estimate of drug-likeness (QED) is 0.0374. The highest BCUT2D eigenvalue weighted by Gasteiger charge is 2.15. The van der Waals surface area contributed by atoms with Crippen molar-refractivity contribution in [2.75, 3.05) is 13.2 Å². The number of allylic oxidation sites excluding steroid dienone is 30. The van der Waals surface area contributed by atoms with Crippen LogP contribution in [-0.2, 0) is 19.1 Å². The zero-order valence-electron chi connectivity index (χ0n) is 42.8. The molecule has 0 saturated heterocycles. The monoisotopic (exact) mass is 931 g/mol. The topological polar surface area (TPSA) is 72.8 Å². The van der Waals surface area contributed by atoms with Crippen molar-refractivity contribution in [1.29, 1.82) is 0 Å². The predicted octanol–water partition coefficient (Wildman–Crippen LogP) is 18.0. The highest BCUT2D eigenvalue weighted by Crippen LogP contribution is 2.12. The van der Waals surface area contributed by atoms with Crippen LogP contribution in [0.15, 0.2) is 182 Å². The van der Waals surface area contributed by atoms with E-state index in [9.17, 15) is 14.7 Å². The van der Waals surface area contributed by atoms with Crippen molar-refractivity contribution in [2.45, 2.75) is 187 Å². The Morgan fingerprint density at radius 1 is 0.338 bits per heavy atom. The molecular formula is C63H94O5. The van der Waals surface area contributed by atoms with Gasteiger partial charge in [0.2, 0.25) is 0 Å². The SMILES string of the molecule is CC/C=C\C/C=C\C/C=C\C/C=C\C/C=C\C/C=C\C/C=C\C/C=C\C/C=C\CCCCCCCCCC(=O)OC(CO)COC(=O)CC/C=C\C/C=C\C/C=C\C/C=C\C/C=C\C/C=C\CC. The Kier molecular flexibility index (Phi) is 52.2. The number of aliphatic hydroxyl groups is 1. The smallest absolute Gasteiger partial charge is 0.306 e. The molecule has 0 radical (unpaired) electrons. The molecule has 376 valence electrons. The Balaban J connectivity index is 3.71. The molecular weight excluding hydrogens is 837 g/mol. The molecule has 68 heavy (non-hydrogen) atoms. The Morgan fingerprint density at radius 3 is 0.941 bits per heavy atom. The first-order valence-corrected chi connectivity index (χ1v) is 26.3. The molecule has 0 saturated carbocycles. The van der Waals surface area contributed by atoms with E-state index in [1.807, 2.05) is 12.2 Å². The van der Waals surface area contributed by atoms with Crippen molar-refractivity contribution in [2.24, 2.45) is 0 Å². The summed E-state index contributed by atoms with van der Waals surface area (Å²) in [5.74, 6) is -0.719. The van der Waals surface area contributed by atoms with Gasteiger partial charge in [-0.05, 0) is 122 Å². The molecule has 0 rings (SSSR count). The molecule has 0 fully saturated rings. The van der Waals surface area contributed by atoms with Gasteiger partial charge in [-0.3, -0.25) is 9.59 Å². The predicted molar refractivity (Wildman–Crippen MR) is 296 cm³/mol. The first kappa shape index (κ1) is 63.0. The van der Waals surface area contributed by atoms with Crippen LogP contribution in [0.3, 0.4) is 0 Å². The molecule has 0 aliphatic heterocycles. The fraction of sp³-hybridized carbons (Fsp3) is 0.492. The third-order valence-corrected chi connectivity index (χ3v) is 10.2. The number of unbranched alkanes of at least 4 members (excludes halogenated alkanes) is 7. The van der Waals surface area contributed by atoms with Crippen LogP contribution in [0.2, 0.25) is 0 Å². The van der Waals surface area contributed by atoms with Gasteiger partial charge in [0, 0.05) is 12.8 Å². The Bertz CT molecular complexity index is 1620. The average Bonchev–Trinajstić information content (AvgIpc) is 3.34. The van der Waals surface area contributed by atoms with E-state index in [-0.39, 0.29) is 31.6 Å². The molecule has 5 heteroatoms. The van der Waals surface area contributed by atoms with Crippen LogP contribution >= 0.6 is 0 Å². The van der Waals surface area contributed by atoms with E-state index in [1.54, 1.807) is 0 Å². The van der Waals surface area contributed by atoms with Gasteiger partial charge in [-0.2, -0.15) is 0 Å². The maximum absolute atomic E-state index is 12.3. The first-order valence-electron chi connectivity index (χ1n) is 26.3. The molecule has 0 aliphatic carbocycles. The van der Waals surface area contributed by atoms with E-state index in [0.29, 0.717) is 12.8 Å². The molecule has 0 amide bonds.